The molecule has 4 heteroatoms. The number of halogens is 1. The first-order chi connectivity index (χ1) is 9.78. The zero-order chi connectivity index (χ0) is 13.9. The van der Waals surface area contributed by atoms with E-state index in [-0.39, 0.29) is 0 Å². The van der Waals surface area contributed by atoms with E-state index < -0.39 is 0 Å². The largest absolute Gasteiger partial charge is 0.381 e. The Balaban J connectivity index is 1.86. The number of anilines is 1. The van der Waals surface area contributed by atoms with Crippen molar-refractivity contribution >= 4 is 28.2 Å². The molecule has 1 N–H and O–H groups in total. The van der Waals surface area contributed by atoms with Crippen LogP contribution in [0.3, 0.4) is 0 Å². The van der Waals surface area contributed by atoms with Crippen molar-refractivity contribution in [2.45, 2.75) is 37.8 Å². The molecule has 0 radical (unpaired) electrons. The monoisotopic (exact) mass is 290 g/mol. The van der Waals surface area contributed by atoms with Crippen LogP contribution in [0.5, 0.6) is 0 Å². The molecule has 1 aromatic carbocycles. The molecule has 1 saturated carbocycles. The van der Waals surface area contributed by atoms with Gasteiger partial charge in [-0.15, -0.1) is 0 Å². The van der Waals surface area contributed by atoms with Crippen molar-refractivity contribution in [2.75, 3.05) is 12.4 Å². The molecule has 0 bridgehead atoms. The third-order valence-electron chi connectivity index (χ3n) is 4.04. The van der Waals surface area contributed by atoms with Gasteiger partial charge in [-0.3, -0.25) is 4.98 Å². The minimum Gasteiger partial charge on any atom is -0.381 e. The highest BCUT2D eigenvalue weighted by Gasteiger charge is 2.22. The summed E-state index contributed by atoms with van der Waals surface area (Å²) < 4.78 is 5.49. The lowest BCUT2D eigenvalue weighted by molar-refractivity contribution is 0.0669. The zero-order valence-electron chi connectivity index (χ0n) is 11.6. The van der Waals surface area contributed by atoms with Crippen LogP contribution in [-0.2, 0) is 4.74 Å². The lowest BCUT2D eigenvalue weighted by atomic mass is 9.92. The summed E-state index contributed by atoms with van der Waals surface area (Å²) in [5, 5.41) is 5.36. The van der Waals surface area contributed by atoms with Crippen molar-refractivity contribution in [1.82, 2.24) is 4.98 Å². The maximum atomic E-state index is 6.23. The molecule has 1 heterocycles. The molecule has 0 spiro atoms. The molecule has 2 aromatic rings. The molecule has 3 nitrogen and oxygen atoms in total. The molecule has 2 atom stereocenters. The summed E-state index contributed by atoms with van der Waals surface area (Å²) in [5.74, 6) is 0. The standard InChI is InChI=1S/C16H19ClN2O/c1-20-12-5-2-4-11(10-12)19-15-8-7-14(17)13-6-3-9-18-16(13)15/h3,6-9,11-12,19H,2,4-5,10H2,1H3. The number of rotatable bonds is 3. The van der Waals surface area contributed by atoms with Gasteiger partial charge < -0.3 is 10.1 Å². The number of aromatic nitrogens is 1. The normalized spacial score (nSPS) is 22.9. The highest BCUT2D eigenvalue weighted by molar-refractivity contribution is 6.35. The number of ether oxygens (including phenoxy) is 1. The number of benzene rings is 1. The van der Waals surface area contributed by atoms with Crippen LogP contribution in [0.2, 0.25) is 5.02 Å². The van der Waals surface area contributed by atoms with Crippen LogP contribution < -0.4 is 5.32 Å². The molecule has 1 fully saturated rings. The van der Waals surface area contributed by atoms with E-state index in [1.807, 2.05) is 30.5 Å². The van der Waals surface area contributed by atoms with Crippen LogP contribution in [0.1, 0.15) is 25.7 Å². The Morgan fingerprint density at radius 2 is 2.20 bits per heavy atom. The van der Waals surface area contributed by atoms with Crippen molar-refractivity contribution in [3.63, 3.8) is 0 Å². The first-order valence-corrected chi connectivity index (χ1v) is 7.48. The lowest BCUT2D eigenvalue weighted by Gasteiger charge is -2.29. The summed E-state index contributed by atoms with van der Waals surface area (Å²) in [6.07, 6.45) is 6.77. The molecular formula is C16H19ClN2O. The number of pyridine rings is 1. The fourth-order valence-corrected chi connectivity index (χ4v) is 3.18. The van der Waals surface area contributed by atoms with Gasteiger partial charge in [0.2, 0.25) is 0 Å². The second kappa shape index (κ2) is 5.98. The second-order valence-electron chi connectivity index (χ2n) is 5.36. The predicted octanol–water partition coefficient (Wildman–Crippen LogP) is 4.26. The SMILES string of the molecule is COC1CCCC(Nc2ccc(Cl)c3cccnc23)C1. The van der Waals surface area contributed by atoms with Gasteiger partial charge in [0.25, 0.3) is 0 Å². The Morgan fingerprint density at radius 1 is 1.30 bits per heavy atom. The van der Waals surface area contributed by atoms with Crippen LogP contribution in [0.15, 0.2) is 30.5 Å². The van der Waals surface area contributed by atoms with E-state index in [0.717, 1.165) is 34.5 Å². The maximum absolute atomic E-state index is 6.23. The van der Waals surface area contributed by atoms with Gasteiger partial charge in [0.1, 0.15) is 0 Å². The zero-order valence-corrected chi connectivity index (χ0v) is 12.4. The molecule has 1 aliphatic rings. The average Bonchev–Trinajstić information content (AvgIpc) is 2.51. The van der Waals surface area contributed by atoms with Gasteiger partial charge in [0, 0.05) is 24.7 Å². The van der Waals surface area contributed by atoms with Gasteiger partial charge in [0.05, 0.1) is 22.3 Å². The van der Waals surface area contributed by atoms with Crippen molar-refractivity contribution in [1.29, 1.82) is 0 Å². The van der Waals surface area contributed by atoms with Crippen LogP contribution in [-0.4, -0.2) is 24.2 Å². The number of methoxy groups -OCH3 is 1. The van der Waals surface area contributed by atoms with Gasteiger partial charge in [-0.1, -0.05) is 11.6 Å². The average molecular weight is 291 g/mol. The summed E-state index contributed by atoms with van der Waals surface area (Å²) in [6.45, 7) is 0. The van der Waals surface area contributed by atoms with E-state index in [4.69, 9.17) is 16.3 Å². The highest BCUT2D eigenvalue weighted by atomic mass is 35.5. The van der Waals surface area contributed by atoms with Gasteiger partial charge in [0.15, 0.2) is 0 Å². The molecule has 0 saturated heterocycles. The number of nitrogens with zero attached hydrogens (tertiary/aromatic N) is 1. The molecule has 0 amide bonds. The van der Waals surface area contributed by atoms with Gasteiger partial charge in [-0.05, 0) is 49.9 Å². The smallest absolute Gasteiger partial charge is 0.0948 e. The minimum absolute atomic E-state index is 0.368. The van der Waals surface area contributed by atoms with E-state index in [2.05, 4.69) is 10.3 Å². The minimum atomic E-state index is 0.368. The summed E-state index contributed by atoms with van der Waals surface area (Å²) in [5.41, 5.74) is 2.01. The van der Waals surface area contributed by atoms with E-state index in [0.29, 0.717) is 12.1 Å². The van der Waals surface area contributed by atoms with Crippen LogP contribution in [0.25, 0.3) is 10.9 Å². The van der Waals surface area contributed by atoms with Crippen LogP contribution in [0.4, 0.5) is 5.69 Å². The fourth-order valence-electron chi connectivity index (χ4n) is 2.96. The quantitative estimate of drug-likeness (QED) is 0.917. The summed E-state index contributed by atoms with van der Waals surface area (Å²) >= 11 is 6.23. The molecule has 3 rings (SSSR count). The van der Waals surface area contributed by atoms with Gasteiger partial charge in [-0.2, -0.15) is 0 Å². The number of hydrogen-bond acceptors (Lipinski definition) is 3. The van der Waals surface area contributed by atoms with Crippen LogP contribution in [0, 0.1) is 0 Å². The Hall–Kier alpha value is -1.32. The Bertz CT molecular complexity index is 602. The van der Waals surface area contributed by atoms with Gasteiger partial charge in [-0.25, -0.2) is 0 Å². The topological polar surface area (TPSA) is 34.1 Å². The highest BCUT2D eigenvalue weighted by Crippen LogP contribution is 2.30. The molecule has 1 aliphatic carbocycles. The molecule has 106 valence electrons. The Kier molecular flexibility index (Phi) is 4.08. The second-order valence-corrected chi connectivity index (χ2v) is 5.77. The molecule has 20 heavy (non-hydrogen) atoms. The molecule has 2 unspecified atom stereocenters. The van der Waals surface area contributed by atoms with Gasteiger partial charge >= 0.3 is 0 Å². The van der Waals surface area contributed by atoms with E-state index >= 15 is 0 Å². The number of nitrogens with one attached hydrogen (secondary N) is 1. The first kappa shape index (κ1) is 13.7. The third kappa shape index (κ3) is 2.74. The molecule has 0 aliphatic heterocycles. The molecule has 1 aromatic heterocycles. The van der Waals surface area contributed by atoms with Crippen molar-refractivity contribution in [3.8, 4) is 0 Å². The summed E-state index contributed by atoms with van der Waals surface area (Å²) in [4.78, 5) is 4.47. The molecular weight excluding hydrogens is 272 g/mol. The third-order valence-corrected chi connectivity index (χ3v) is 4.37. The Morgan fingerprint density at radius 3 is 3.05 bits per heavy atom. The van der Waals surface area contributed by atoms with Crippen molar-refractivity contribution in [3.05, 3.63) is 35.5 Å². The fraction of sp³-hybridized carbons (Fsp3) is 0.438. The van der Waals surface area contributed by atoms with Crippen LogP contribution >= 0.6 is 11.6 Å². The van der Waals surface area contributed by atoms with E-state index in [1.54, 1.807) is 7.11 Å². The van der Waals surface area contributed by atoms with E-state index in [9.17, 15) is 0 Å². The Labute approximate surface area is 124 Å². The van der Waals surface area contributed by atoms with E-state index in [1.165, 1.54) is 12.8 Å². The maximum Gasteiger partial charge on any atom is 0.0948 e. The summed E-state index contributed by atoms with van der Waals surface area (Å²) in [7, 11) is 1.80. The summed E-state index contributed by atoms with van der Waals surface area (Å²) in [6, 6.07) is 8.33. The van der Waals surface area contributed by atoms with Crippen molar-refractivity contribution < 1.29 is 4.74 Å². The first-order valence-electron chi connectivity index (χ1n) is 7.10. The lowest BCUT2D eigenvalue weighted by Crippen LogP contribution is -2.31. The number of fused-ring (bicyclic) bond motifs is 1. The predicted molar refractivity (Wildman–Crippen MR) is 83.4 cm³/mol. The van der Waals surface area contributed by atoms with Crippen molar-refractivity contribution in [2.24, 2.45) is 0 Å². The number of hydrogen-bond donors (Lipinski definition) is 1.